The molecule has 0 radical (unpaired) electrons. The maximum atomic E-state index is 15.3. The number of benzene rings is 1. The van der Waals surface area contributed by atoms with E-state index in [9.17, 15) is 18.0 Å². The van der Waals surface area contributed by atoms with Gasteiger partial charge in [-0.25, -0.2) is 33.9 Å². The lowest BCUT2D eigenvalue weighted by atomic mass is 10.0. The number of fused-ring (bicyclic) bond motifs is 1. The molecular weight excluding hydrogens is 653 g/mol. The Hall–Kier alpha value is -2.20. The van der Waals surface area contributed by atoms with Gasteiger partial charge in [-0.05, 0) is 79.8 Å². The summed E-state index contributed by atoms with van der Waals surface area (Å²) < 4.78 is 70.5. The Morgan fingerprint density at radius 3 is 2.44 bits per heavy atom. The molecule has 8 nitrogen and oxygen atoms in total. The molecule has 2 aromatic heterocycles. The highest BCUT2D eigenvalue weighted by atomic mass is 127. The van der Waals surface area contributed by atoms with Crippen LogP contribution in [0.5, 0.6) is 0 Å². The maximum Gasteiger partial charge on any atom is 0.417 e. The van der Waals surface area contributed by atoms with Crippen LogP contribution < -0.4 is 0 Å². The largest absolute Gasteiger partial charge is 0.444 e. The van der Waals surface area contributed by atoms with E-state index in [0.717, 1.165) is 22.8 Å². The molecular formula is C25H32F4IN5O3S. The quantitative estimate of drug-likeness (QED) is 0.158. The monoisotopic (exact) mass is 685 g/mol. The van der Waals surface area contributed by atoms with E-state index in [-0.39, 0.29) is 24.4 Å². The van der Waals surface area contributed by atoms with Gasteiger partial charge in [0.15, 0.2) is 5.82 Å². The molecule has 0 aliphatic rings. The normalized spacial score (nSPS) is 13.1. The molecule has 14 heteroatoms. The average molecular weight is 686 g/mol. The van der Waals surface area contributed by atoms with Gasteiger partial charge < -0.3 is 14.4 Å². The summed E-state index contributed by atoms with van der Waals surface area (Å²) in [6, 6.07) is 1.74. The third kappa shape index (κ3) is 8.39. The first kappa shape index (κ1) is 31.3. The van der Waals surface area contributed by atoms with Gasteiger partial charge in [0, 0.05) is 19.3 Å². The topological polar surface area (TPSA) is 82.4 Å². The molecule has 0 saturated heterocycles. The lowest BCUT2D eigenvalue weighted by Crippen LogP contribution is -2.33. The smallest absolute Gasteiger partial charge is 0.417 e. The van der Waals surface area contributed by atoms with E-state index >= 15 is 4.39 Å². The van der Waals surface area contributed by atoms with Crippen molar-refractivity contribution in [2.24, 2.45) is 0 Å². The van der Waals surface area contributed by atoms with Crippen molar-refractivity contribution >= 4 is 49.7 Å². The molecule has 0 unspecified atom stereocenters. The van der Waals surface area contributed by atoms with Crippen molar-refractivity contribution < 1.29 is 31.8 Å². The Balaban J connectivity index is 1.94. The van der Waals surface area contributed by atoms with Crippen LogP contribution in [0.25, 0.3) is 22.4 Å². The van der Waals surface area contributed by atoms with Gasteiger partial charge in [0.1, 0.15) is 32.9 Å². The number of hydrogen-bond acceptors (Lipinski definition) is 6. The SMILES string of the molecule is CN(Cc1cc(F)c(-c2ncc3c(n2)c(I)nn3COCCS(C)(C)C)c(C(F)(F)F)c1)C(=O)OC(C)(C)C. The van der Waals surface area contributed by atoms with Gasteiger partial charge in [0.2, 0.25) is 0 Å². The van der Waals surface area contributed by atoms with Crippen LogP contribution in [0, 0.1) is 9.52 Å². The number of aromatic nitrogens is 4. The van der Waals surface area contributed by atoms with Crippen LogP contribution in [0.15, 0.2) is 18.3 Å². The van der Waals surface area contributed by atoms with Crippen molar-refractivity contribution in [3.8, 4) is 11.4 Å². The van der Waals surface area contributed by atoms with Gasteiger partial charge in [0.05, 0.1) is 23.9 Å². The third-order valence-electron chi connectivity index (χ3n) is 5.31. The van der Waals surface area contributed by atoms with Gasteiger partial charge in [-0.1, -0.05) is 0 Å². The molecule has 2 heterocycles. The minimum absolute atomic E-state index is 0.0605. The number of nitrogens with zero attached hydrogens (tertiary/aromatic N) is 5. The highest BCUT2D eigenvalue weighted by molar-refractivity contribution is 14.1. The predicted molar refractivity (Wildman–Crippen MR) is 152 cm³/mol. The summed E-state index contributed by atoms with van der Waals surface area (Å²) in [6.07, 6.45) is 2.20. The summed E-state index contributed by atoms with van der Waals surface area (Å²) in [5.74, 6) is -0.672. The summed E-state index contributed by atoms with van der Waals surface area (Å²) >= 11 is 1.92. The molecule has 216 valence electrons. The molecule has 0 spiro atoms. The van der Waals surface area contributed by atoms with Gasteiger partial charge in [-0.3, -0.25) is 0 Å². The van der Waals surface area contributed by atoms with E-state index in [1.165, 1.54) is 17.9 Å². The van der Waals surface area contributed by atoms with E-state index < -0.39 is 50.7 Å². The Morgan fingerprint density at radius 2 is 1.85 bits per heavy atom. The summed E-state index contributed by atoms with van der Waals surface area (Å²) in [4.78, 5) is 21.6. The van der Waals surface area contributed by atoms with Crippen LogP contribution in [0.2, 0.25) is 0 Å². The molecule has 0 aliphatic heterocycles. The van der Waals surface area contributed by atoms with Crippen LogP contribution in [-0.4, -0.2) is 74.5 Å². The fourth-order valence-corrected chi connectivity index (χ4v) is 4.76. The van der Waals surface area contributed by atoms with Crippen LogP contribution in [0.1, 0.15) is 31.9 Å². The highest BCUT2D eigenvalue weighted by Gasteiger charge is 2.37. The van der Waals surface area contributed by atoms with Gasteiger partial charge in [-0.2, -0.15) is 18.3 Å². The lowest BCUT2D eigenvalue weighted by Gasteiger charge is -2.25. The van der Waals surface area contributed by atoms with Crippen LogP contribution in [0.4, 0.5) is 22.4 Å². The third-order valence-corrected chi connectivity index (χ3v) is 7.43. The number of ether oxygens (including phenoxy) is 2. The van der Waals surface area contributed by atoms with Gasteiger partial charge >= 0.3 is 12.3 Å². The van der Waals surface area contributed by atoms with Crippen molar-refractivity contribution in [2.75, 3.05) is 38.2 Å². The van der Waals surface area contributed by atoms with E-state index in [4.69, 9.17) is 9.47 Å². The maximum absolute atomic E-state index is 15.3. The molecule has 3 rings (SSSR count). The number of amides is 1. The Morgan fingerprint density at radius 1 is 1.18 bits per heavy atom. The minimum atomic E-state index is -4.91. The van der Waals surface area contributed by atoms with Crippen molar-refractivity contribution in [1.29, 1.82) is 0 Å². The minimum Gasteiger partial charge on any atom is -0.444 e. The van der Waals surface area contributed by atoms with E-state index in [1.54, 1.807) is 20.8 Å². The Kier molecular flexibility index (Phi) is 9.42. The van der Waals surface area contributed by atoms with Crippen LogP contribution in [-0.2, 0) is 28.9 Å². The number of carbonyl (C=O) groups is 1. The number of alkyl halides is 3. The Bertz CT molecular complexity index is 1350. The van der Waals surface area contributed by atoms with Crippen LogP contribution in [0.3, 0.4) is 0 Å². The van der Waals surface area contributed by atoms with Gasteiger partial charge in [-0.15, -0.1) is 0 Å². The second-order valence-electron chi connectivity index (χ2n) is 10.9. The number of hydrogen-bond donors (Lipinski definition) is 0. The molecule has 0 bridgehead atoms. The fourth-order valence-electron chi connectivity index (χ4n) is 3.49. The second kappa shape index (κ2) is 11.7. The predicted octanol–water partition coefficient (Wildman–Crippen LogP) is 6.29. The van der Waals surface area contributed by atoms with E-state index in [2.05, 4.69) is 33.8 Å². The first-order chi connectivity index (χ1) is 17.9. The molecule has 0 atom stereocenters. The molecule has 1 amide bonds. The molecule has 0 N–H and O–H groups in total. The van der Waals surface area contributed by atoms with Crippen molar-refractivity contribution in [2.45, 2.75) is 45.8 Å². The molecule has 3 aromatic rings. The first-order valence-corrected chi connectivity index (χ1v) is 15.9. The summed E-state index contributed by atoms with van der Waals surface area (Å²) in [5, 5.41) is 4.36. The average Bonchev–Trinajstić information content (AvgIpc) is 3.08. The zero-order valence-electron chi connectivity index (χ0n) is 22.8. The molecule has 0 fully saturated rings. The van der Waals surface area contributed by atoms with Gasteiger partial charge in [0.25, 0.3) is 0 Å². The van der Waals surface area contributed by atoms with Crippen molar-refractivity contribution in [3.63, 3.8) is 0 Å². The second-order valence-corrected chi connectivity index (χ2v) is 16.5. The number of halogens is 5. The number of rotatable bonds is 8. The van der Waals surface area contributed by atoms with Crippen molar-refractivity contribution in [3.05, 3.63) is 39.0 Å². The van der Waals surface area contributed by atoms with Crippen LogP contribution >= 0.6 is 32.6 Å². The van der Waals surface area contributed by atoms with E-state index in [1.807, 2.05) is 22.6 Å². The summed E-state index contributed by atoms with van der Waals surface area (Å²) in [7, 11) is 0.631. The first-order valence-electron chi connectivity index (χ1n) is 11.8. The standard InChI is InChI=1S/C25H32F4IN5O3S/c1-24(2,3)38-23(36)34(4)13-15-10-16(25(27,28)29)19(17(26)11-15)22-31-12-18-20(32-22)21(30)33-35(18)14-37-8-9-39(5,6)7/h10-12H,8-9,13-14H2,1-7H3. The molecule has 0 saturated carbocycles. The molecule has 0 aliphatic carbocycles. The molecule has 39 heavy (non-hydrogen) atoms. The summed E-state index contributed by atoms with van der Waals surface area (Å²) in [6.45, 7) is 5.36. The molecule has 1 aromatic carbocycles. The van der Waals surface area contributed by atoms with E-state index in [0.29, 0.717) is 15.8 Å². The zero-order valence-corrected chi connectivity index (χ0v) is 25.8. The fraction of sp³-hybridized carbons (Fsp3) is 0.520. The van der Waals surface area contributed by atoms with Crippen molar-refractivity contribution in [1.82, 2.24) is 24.6 Å². The lowest BCUT2D eigenvalue weighted by molar-refractivity contribution is -0.137. The highest BCUT2D eigenvalue weighted by Crippen LogP contribution is 2.39. The number of carbonyl (C=O) groups excluding carboxylic acids is 1. The Labute approximate surface area is 239 Å². The zero-order chi connectivity index (χ0) is 29.3. The summed E-state index contributed by atoms with van der Waals surface area (Å²) in [5.41, 5.74) is -2.14.